The lowest BCUT2D eigenvalue weighted by Crippen LogP contribution is -2.12. The van der Waals surface area contributed by atoms with Crippen LogP contribution in [-0.4, -0.2) is 30.1 Å². The van der Waals surface area contributed by atoms with Crippen LogP contribution in [-0.2, 0) is 0 Å². The Morgan fingerprint density at radius 3 is 2.58 bits per heavy atom. The van der Waals surface area contributed by atoms with Crippen molar-refractivity contribution in [1.29, 1.82) is 0 Å². The molecule has 0 atom stereocenters. The Morgan fingerprint density at radius 2 is 1.92 bits per heavy atom. The molecule has 0 aliphatic rings. The lowest BCUT2D eigenvalue weighted by molar-refractivity contribution is 0.102. The molecule has 3 rings (SSSR count). The van der Waals surface area contributed by atoms with Gasteiger partial charge in [-0.1, -0.05) is 0 Å². The summed E-state index contributed by atoms with van der Waals surface area (Å²) in [6.07, 6.45) is 3.01. The van der Waals surface area contributed by atoms with Crippen molar-refractivity contribution in [1.82, 2.24) is 9.97 Å². The molecule has 0 fully saturated rings. The van der Waals surface area contributed by atoms with E-state index < -0.39 is 11.7 Å². The summed E-state index contributed by atoms with van der Waals surface area (Å²) in [5.74, 6) is -0.131. The minimum absolute atomic E-state index is 0.178. The van der Waals surface area contributed by atoms with Gasteiger partial charge in [0.2, 0.25) is 5.88 Å². The maximum atomic E-state index is 14.5. The Kier molecular flexibility index (Phi) is 5.07. The van der Waals surface area contributed by atoms with E-state index in [1.807, 2.05) is 0 Å². The van der Waals surface area contributed by atoms with Crippen LogP contribution in [0.4, 0.5) is 10.1 Å². The number of methoxy groups -OCH3 is 2. The summed E-state index contributed by atoms with van der Waals surface area (Å²) < 4.78 is 24.7. The zero-order chi connectivity index (χ0) is 18.5. The van der Waals surface area contributed by atoms with Crippen molar-refractivity contribution in [2.45, 2.75) is 0 Å². The summed E-state index contributed by atoms with van der Waals surface area (Å²) in [6, 6.07) is 10.8. The highest BCUT2D eigenvalue weighted by Crippen LogP contribution is 2.29. The fourth-order valence-electron chi connectivity index (χ4n) is 2.38. The van der Waals surface area contributed by atoms with E-state index >= 15 is 0 Å². The molecule has 0 saturated heterocycles. The number of nitrogens with one attached hydrogen (secondary N) is 1. The van der Waals surface area contributed by atoms with E-state index in [0.29, 0.717) is 23.0 Å². The zero-order valence-electron chi connectivity index (χ0n) is 14.2. The monoisotopic (exact) mass is 353 g/mol. The number of hydrogen-bond acceptors (Lipinski definition) is 5. The molecule has 0 unspecified atom stereocenters. The molecule has 1 N–H and O–H groups in total. The number of nitrogens with zero attached hydrogens (tertiary/aromatic N) is 2. The molecule has 0 bridgehead atoms. The van der Waals surface area contributed by atoms with Crippen molar-refractivity contribution < 1.29 is 18.7 Å². The fraction of sp³-hybridized carbons (Fsp3) is 0.105. The standard InChI is InChI=1S/C19H16FN3O3/c1-25-16-4-3-9-21-18(16)14-7-5-12(10-15(14)20)19(24)23-13-6-8-17(26-2)22-11-13/h3-11H,1-2H3,(H,23,24). The molecular formula is C19H16FN3O3. The van der Waals surface area contributed by atoms with Crippen molar-refractivity contribution in [2.75, 3.05) is 19.5 Å². The fourth-order valence-corrected chi connectivity index (χ4v) is 2.38. The number of anilines is 1. The maximum absolute atomic E-state index is 14.5. The van der Waals surface area contributed by atoms with Crippen LogP contribution in [0.25, 0.3) is 11.3 Å². The van der Waals surface area contributed by atoms with Crippen LogP contribution in [0.1, 0.15) is 10.4 Å². The van der Waals surface area contributed by atoms with Gasteiger partial charge in [0.1, 0.15) is 17.3 Å². The van der Waals surface area contributed by atoms with Crippen LogP contribution in [0.2, 0.25) is 0 Å². The molecule has 132 valence electrons. The van der Waals surface area contributed by atoms with Crippen molar-refractivity contribution >= 4 is 11.6 Å². The number of pyridine rings is 2. The highest BCUT2D eigenvalue weighted by atomic mass is 19.1. The van der Waals surface area contributed by atoms with Crippen LogP contribution >= 0.6 is 0 Å². The molecule has 2 heterocycles. The average molecular weight is 353 g/mol. The Bertz CT molecular complexity index is 930. The van der Waals surface area contributed by atoms with Gasteiger partial charge in [-0.15, -0.1) is 0 Å². The first-order valence-electron chi connectivity index (χ1n) is 7.72. The number of carbonyl (C=O) groups is 1. The van der Waals surface area contributed by atoms with Gasteiger partial charge in [-0.25, -0.2) is 9.37 Å². The lowest BCUT2D eigenvalue weighted by atomic mass is 10.1. The second-order valence-corrected chi connectivity index (χ2v) is 5.29. The first kappa shape index (κ1) is 17.3. The topological polar surface area (TPSA) is 73.3 Å². The van der Waals surface area contributed by atoms with Crippen molar-refractivity contribution in [3.8, 4) is 22.9 Å². The van der Waals surface area contributed by atoms with Gasteiger partial charge >= 0.3 is 0 Å². The van der Waals surface area contributed by atoms with E-state index in [-0.39, 0.29) is 11.1 Å². The maximum Gasteiger partial charge on any atom is 0.255 e. The van der Waals surface area contributed by atoms with Crippen molar-refractivity contribution in [2.24, 2.45) is 0 Å². The lowest BCUT2D eigenvalue weighted by Gasteiger charge is -2.10. The smallest absolute Gasteiger partial charge is 0.255 e. The zero-order valence-corrected chi connectivity index (χ0v) is 14.2. The van der Waals surface area contributed by atoms with Gasteiger partial charge in [0.15, 0.2) is 0 Å². The molecule has 0 saturated carbocycles. The molecular weight excluding hydrogens is 337 g/mol. The second-order valence-electron chi connectivity index (χ2n) is 5.29. The summed E-state index contributed by atoms with van der Waals surface area (Å²) in [6.45, 7) is 0. The molecule has 2 aromatic heterocycles. The minimum atomic E-state index is -0.567. The molecule has 0 radical (unpaired) electrons. The molecule has 6 nitrogen and oxygen atoms in total. The average Bonchev–Trinajstić information content (AvgIpc) is 2.68. The second kappa shape index (κ2) is 7.60. The molecule has 3 aromatic rings. The van der Waals surface area contributed by atoms with Crippen LogP contribution in [0.15, 0.2) is 54.9 Å². The highest BCUT2D eigenvalue weighted by molar-refractivity contribution is 6.04. The number of benzene rings is 1. The van der Waals surface area contributed by atoms with Gasteiger partial charge in [0.25, 0.3) is 5.91 Å². The highest BCUT2D eigenvalue weighted by Gasteiger charge is 2.15. The van der Waals surface area contributed by atoms with E-state index in [1.54, 1.807) is 30.5 Å². The van der Waals surface area contributed by atoms with Gasteiger partial charge in [-0.3, -0.25) is 9.78 Å². The van der Waals surface area contributed by atoms with E-state index in [0.717, 1.165) is 6.07 Å². The van der Waals surface area contributed by atoms with Gasteiger partial charge < -0.3 is 14.8 Å². The molecule has 26 heavy (non-hydrogen) atoms. The van der Waals surface area contributed by atoms with Crippen LogP contribution in [0.5, 0.6) is 11.6 Å². The first-order valence-corrected chi connectivity index (χ1v) is 7.72. The number of amides is 1. The summed E-state index contributed by atoms with van der Waals surface area (Å²) in [5.41, 5.74) is 1.28. The Hall–Kier alpha value is -3.48. The number of ether oxygens (including phenoxy) is 2. The number of hydrogen-bond donors (Lipinski definition) is 1. The third-order valence-corrected chi connectivity index (χ3v) is 3.68. The third-order valence-electron chi connectivity index (χ3n) is 3.68. The summed E-state index contributed by atoms with van der Waals surface area (Å²) in [4.78, 5) is 20.5. The van der Waals surface area contributed by atoms with Gasteiger partial charge in [-0.05, 0) is 36.4 Å². The van der Waals surface area contributed by atoms with Gasteiger partial charge in [0, 0.05) is 23.4 Å². The summed E-state index contributed by atoms with van der Waals surface area (Å²) >= 11 is 0. The Morgan fingerprint density at radius 1 is 1.08 bits per heavy atom. The van der Waals surface area contributed by atoms with E-state index in [1.165, 1.54) is 32.5 Å². The normalized spacial score (nSPS) is 10.3. The minimum Gasteiger partial charge on any atom is -0.494 e. The SMILES string of the molecule is COc1ccc(NC(=O)c2ccc(-c3ncccc3OC)c(F)c2)cn1. The van der Waals surface area contributed by atoms with E-state index in [9.17, 15) is 9.18 Å². The number of rotatable bonds is 5. The largest absolute Gasteiger partial charge is 0.494 e. The molecule has 0 aliphatic carbocycles. The third kappa shape index (κ3) is 3.61. The van der Waals surface area contributed by atoms with E-state index in [4.69, 9.17) is 9.47 Å². The van der Waals surface area contributed by atoms with E-state index in [2.05, 4.69) is 15.3 Å². The van der Waals surface area contributed by atoms with Crippen LogP contribution in [0, 0.1) is 5.82 Å². The Balaban J connectivity index is 1.83. The number of carbonyl (C=O) groups excluding carboxylic acids is 1. The Labute approximate surface area is 149 Å². The molecule has 0 spiro atoms. The van der Waals surface area contributed by atoms with Crippen molar-refractivity contribution in [3.63, 3.8) is 0 Å². The summed E-state index contributed by atoms with van der Waals surface area (Å²) in [7, 11) is 2.99. The van der Waals surface area contributed by atoms with Gasteiger partial charge in [0.05, 0.1) is 26.1 Å². The first-order chi connectivity index (χ1) is 12.6. The molecule has 1 amide bonds. The van der Waals surface area contributed by atoms with Crippen LogP contribution in [0.3, 0.4) is 0 Å². The molecule has 0 aliphatic heterocycles. The van der Waals surface area contributed by atoms with Crippen molar-refractivity contribution in [3.05, 3.63) is 66.2 Å². The van der Waals surface area contributed by atoms with Crippen LogP contribution < -0.4 is 14.8 Å². The molecule has 1 aromatic carbocycles. The summed E-state index contributed by atoms with van der Waals surface area (Å²) in [5, 5.41) is 2.65. The number of aromatic nitrogens is 2. The quantitative estimate of drug-likeness (QED) is 0.759. The predicted molar refractivity (Wildman–Crippen MR) is 94.9 cm³/mol. The van der Waals surface area contributed by atoms with Gasteiger partial charge in [-0.2, -0.15) is 0 Å². The predicted octanol–water partition coefficient (Wildman–Crippen LogP) is 3.55. The number of halogens is 1. The molecule has 7 heteroatoms.